The van der Waals surface area contributed by atoms with Crippen molar-refractivity contribution in [3.8, 4) is 22.7 Å². The fourth-order valence-electron chi connectivity index (χ4n) is 3.35. The summed E-state index contributed by atoms with van der Waals surface area (Å²) in [6.45, 7) is 2.15. The van der Waals surface area contributed by atoms with Gasteiger partial charge in [-0.2, -0.15) is 5.10 Å². The van der Waals surface area contributed by atoms with Crippen molar-refractivity contribution < 1.29 is 4.42 Å². The summed E-state index contributed by atoms with van der Waals surface area (Å²) in [5, 5.41) is 5.17. The van der Waals surface area contributed by atoms with E-state index >= 15 is 0 Å². The number of nitrogens with zero attached hydrogens (tertiary/aromatic N) is 4. The lowest BCUT2D eigenvalue weighted by Gasteiger charge is -2.03. The van der Waals surface area contributed by atoms with E-state index in [4.69, 9.17) is 16.0 Å². The third-order valence-corrected chi connectivity index (χ3v) is 5.23. The van der Waals surface area contributed by atoms with Gasteiger partial charge in [0.05, 0.1) is 12.2 Å². The van der Waals surface area contributed by atoms with Crippen LogP contribution in [0.5, 0.6) is 0 Å². The highest BCUT2D eigenvalue weighted by atomic mass is 35.5. The smallest absolute Gasteiger partial charge is 0.276 e. The first-order valence-corrected chi connectivity index (χ1v) is 9.83. The van der Waals surface area contributed by atoms with Crippen LogP contribution in [0.25, 0.3) is 28.2 Å². The maximum Gasteiger partial charge on any atom is 0.276 e. The van der Waals surface area contributed by atoms with E-state index < -0.39 is 0 Å². The van der Waals surface area contributed by atoms with Crippen LogP contribution in [0.15, 0.2) is 82.3 Å². The minimum absolute atomic E-state index is 0.136. The maximum atomic E-state index is 13.0. The Labute approximate surface area is 177 Å². The number of hydrogen-bond donors (Lipinski definition) is 0. The van der Waals surface area contributed by atoms with E-state index in [2.05, 4.69) is 10.1 Å². The number of benzene rings is 2. The van der Waals surface area contributed by atoms with Crippen LogP contribution in [0.1, 0.15) is 11.5 Å². The second-order valence-electron chi connectivity index (χ2n) is 6.99. The Morgan fingerprint density at radius 1 is 1.00 bits per heavy atom. The molecule has 5 aromatic rings. The Hall–Kier alpha value is -3.64. The highest BCUT2D eigenvalue weighted by Crippen LogP contribution is 2.24. The lowest BCUT2D eigenvalue weighted by molar-refractivity contribution is 0.537. The van der Waals surface area contributed by atoms with Crippen LogP contribution in [-0.4, -0.2) is 19.2 Å². The van der Waals surface area contributed by atoms with Crippen LogP contribution < -0.4 is 5.56 Å². The van der Waals surface area contributed by atoms with Gasteiger partial charge in [-0.1, -0.05) is 41.9 Å². The molecule has 0 radical (unpaired) electrons. The number of fused-ring (bicyclic) bond motifs is 1. The minimum Gasteiger partial charge on any atom is -0.441 e. The summed E-state index contributed by atoms with van der Waals surface area (Å²) in [6, 6.07) is 18.9. The predicted molar refractivity (Wildman–Crippen MR) is 116 cm³/mol. The number of aromatic nitrogens is 4. The van der Waals surface area contributed by atoms with Crippen molar-refractivity contribution in [2.24, 2.45) is 0 Å². The number of halogens is 1. The fourth-order valence-corrected chi connectivity index (χ4v) is 3.48. The molecule has 0 unspecified atom stereocenters. The maximum absolute atomic E-state index is 13.0. The van der Waals surface area contributed by atoms with Gasteiger partial charge in [0, 0.05) is 28.5 Å². The van der Waals surface area contributed by atoms with E-state index in [1.807, 2.05) is 55.5 Å². The summed E-state index contributed by atoms with van der Waals surface area (Å²) < 4.78 is 9.04. The zero-order valence-corrected chi connectivity index (χ0v) is 16.9. The molecule has 0 spiro atoms. The van der Waals surface area contributed by atoms with Crippen LogP contribution in [0.3, 0.4) is 0 Å². The number of rotatable bonds is 4. The molecule has 3 aromatic heterocycles. The quantitative estimate of drug-likeness (QED) is 0.421. The molecule has 0 fully saturated rings. The van der Waals surface area contributed by atoms with Gasteiger partial charge in [0.1, 0.15) is 17.0 Å². The SMILES string of the molecule is Cc1oc(-c2ccc(Cl)cc2)nc1Cn1ccn2nc(-c3ccccc3)cc2c1=O. The topological polar surface area (TPSA) is 65.3 Å². The minimum atomic E-state index is -0.136. The van der Waals surface area contributed by atoms with Gasteiger partial charge in [-0.05, 0) is 37.3 Å². The lowest BCUT2D eigenvalue weighted by atomic mass is 10.1. The first-order valence-electron chi connectivity index (χ1n) is 9.45. The van der Waals surface area contributed by atoms with Gasteiger partial charge < -0.3 is 8.98 Å². The van der Waals surface area contributed by atoms with E-state index in [0.29, 0.717) is 34.4 Å². The molecule has 6 nitrogen and oxygen atoms in total. The Morgan fingerprint density at radius 3 is 2.53 bits per heavy atom. The zero-order chi connectivity index (χ0) is 20.7. The number of hydrogen-bond acceptors (Lipinski definition) is 4. The highest BCUT2D eigenvalue weighted by molar-refractivity contribution is 6.30. The van der Waals surface area contributed by atoms with Crippen molar-refractivity contribution in [3.05, 3.63) is 99.9 Å². The molecule has 2 aromatic carbocycles. The zero-order valence-electron chi connectivity index (χ0n) is 16.1. The van der Waals surface area contributed by atoms with Crippen LogP contribution >= 0.6 is 11.6 Å². The molecule has 0 aliphatic carbocycles. The van der Waals surface area contributed by atoms with Crippen molar-refractivity contribution >= 4 is 17.1 Å². The van der Waals surface area contributed by atoms with Gasteiger partial charge >= 0.3 is 0 Å². The van der Waals surface area contributed by atoms with Crippen molar-refractivity contribution in [1.82, 2.24) is 19.2 Å². The van der Waals surface area contributed by atoms with Crippen molar-refractivity contribution in [2.45, 2.75) is 13.5 Å². The third-order valence-electron chi connectivity index (χ3n) is 4.98. The Kier molecular flexibility index (Phi) is 4.48. The lowest BCUT2D eigenvalue weighted by Crippen LogP contribution is -2.22. The molecule has 30 heavy (non-hydrogen) atoms. The molecule has 0 amide bonds. The third kappa shape index (κ3) is 3.31. The highest BCUT2D eigenvalue weighted by Gasteiger charge is 2.14. The number of oxazole rings is 1. The summed E-state index contributed by atoms with van der Waals surface area (Å²) in [6.07, 6.45) is 3.49. The van der Waals surface area contributed by atoms with Crippen molar-refractivity contribution in [3.63, 3.8) is 0 Å². The van der Waals surface area contributed by atoms with E-state index in [1.54, 1.807) is 33.6 Å². The molecule has 0 N–H and O–H groups in total. The molecule has 3 heterocycles. The summed E-state index contributed by atoms with van der Waals surface area (Å²) in [7, 11) is 0. The van der Waals surface area contributed by atoms with E-state index in [1.165, 1.54) is 0 Å². The van der Waals surface area contributed by atoms with Crippen molar-refractivity contribution in [2.75, 3.05) is 0 Å². The second-order valence-corrected chi connectivity index (χ2v) is 7.42. The Bertz CT molecular complexity index is 1400. The molecule has 7 heteroatoms. The normalized spacial score (nSPS) is 11.3. The predicted octanol–water partition coefficient (Wildman–Crippen LogP) is 4.83. The molecular formula is C23H17ClN4O2. The van der Waals surface area contributed by atoms with Gasteiger partial charge in [0.15, 0.2) is 0 Å². The van der Waals surface area contributed by atoms with Crippen LogP contribution in [-0.2, 0) is 6.54 Å². The van der Waals surface area contributed by atoms with Gasteiger partial charge in [-0.25, -0.2) is 9.50 Å². The molecule has 5 rings (SSSR count). The molecule has 0 atom stereocenters. The monoisotopic (exact) mass is 416 g/mol. The molecule has 0 aliphatic heterocycles. The van der Waals surface area contributed by atoms with Crippen LogP contribution in [0.2, 0.25) is 5.02 Å². The average Bonchev–Trinajstić information content (AvgIpc) is 3.36. The standard InChI is InChI=1S/C23H17ClN4O2/c1-15-20(25-22(30-15)17-7-9-18(24)10-8-17)14-27-11-12-28-21(23(27)29)13-19(26-28)16-5-3-2-4-6-16/h2-13H,14H2,1H3. The Morgan fingerprint density at radius 2 is 1.77 bits per heavy atom. The number of aryl methyl sites for hydroxylation is 1. The summed E-state index contributed by atoms with van der Waals surface area (Å²) in [5.41, 5.74) is 3.63. The van der Waals surface area contributed by atoms with Gasteiger partial charge in [-0.3, -0.25) is 4.79 Å². The van der Waals surface area contributed by atoms with E-state index in [9.17, 15) is 4.79 Å². The molecule has 0 saturated carbocycles. The van der Waals surface area contributed by atoms with Crippen molar-refractivity contribution in [1.29, 1.82) is 0 Å². The first-order chi connectivity index (χ1) is 14.6. The Balaban J connectivity index is 1.49. The van der Waals surface area contributed by atoms with Crippen LogP contribution in [0.4, 0.5) is 0 Å². The fraction of sp³-hybridized carbons (Fsp3) is 0.0870. The van der Waals surface area contributed by atoms with Gasteiger partial charge in [0.25, 0.3) is 5.56 Å². The average molecular weight is 417 g/mol. The van der Waals surface area contributed by atoms with E-state index in [0.717, 1.165) is 16.8 Å². The first kappa shape index (κ1) is 18.4. The molecule has 0 aliphatic rings. The van der Waals surface area contributed by atoms with E-state index in [-0.39, 0.29) is 5.56 Å². The largest absolute Gasteiger partial charge is 0.441 e. The second kappa shape index (κ2) is 7.31. The molecule has 0 saturated heterocycles. The molecule has 148 valence electrons. The van der Waals surface area contributed by atoms with Gasteiger partial charge in [0.2, 0.25) is 5.89 Å². The van der Waals surface area contributed by atoms with Crippen LogP contribution in [0, 0.1) is 6.92 Å². The van der Waals surface area contributed by atoms with Gasteiger partial charge in [-0.15, -0.1) is 0 Å². The molecular weight excluding hydrogens is 400 g/mol. The summed E-state index contributed by atoms with van der Waals surface area (Å²) in [5.74, 6) is 1.18. The molecule has 0 bridgehead atoms. The summed E-state index contributed by atoms with van der Waals surface area (Å²) >= 11 is 5.95. The summed E-state index contributed by atoms with van der Waals surface area (Å²) in [4.78, 5) is 17.6.